The lowest BCUT2D eigenvalue weighted by molar-refractivity contribution is 0.565. The largest absolute Gasteiger partial charge is 0.351 e. The van der Waals surface area contributed by atoms with Gasteiger partial charge in [-0.05, 0) is 98.7 Å². The number of nitrogens with zero attached hydrogens (tertiary/aromatic N) is 3. The van der Waals surface area contributed by atoms with Gasteiger partial charge in [-0.25, -0.2) is 8.42 Å². The Morgan fingerprint density at radius 2 is 1.79 bits per heavy atom. The molecule has 196 valence electrons. The third-order valence-electron chi connectivity index (χ3n) is 6.74. The van der Waals surface area contributed by atoms with Crippen molar-refractivity contribution >= 4 is 50.3 Å². The number of rotatable bonds is 6. The first kappa shape index (κ1) is 26.2. The fourth-order valence-electron chi connectivity index (χ4n) is 5.16. The van der Waals surface area contributed by atoms with E-state index in [1.54, 1.807) is 12.3 Å². The molecule has 0 bridgehead atoms. The van der Waals surface area contributed by atoms with E-state index in [1.807, 2.05) is 61.5 Å². The van der Waals surface area contributed by atoms with Gasteiger partial charge in [0.2, 0.25) is 10.0 Å². The monoisotopic (exact) mass is 565 g/mol. The van der Waals surface area contributed by atoms with Crippen LogP contribution in [0.1, 0.15) is 40.3 Å². The van der Waals surface area contributed by atoms with Crippen molar-refractivity contribution in [2.24, 2.45) is 0 Å². The Labute approximate surface area is 233 Å². The number of pyridine rings is 1. The van der Waals surface area contributed by atoms with Gasteiger partial charge in [-0.1, -0.05) is 23.7 Å². The minimum atomic E-state index is -3.40. The molecule has 1 aliphatic heterocycles. The Morgan fingerprint density at radius 3 is 2.45 bits per heavy atom. The van der Waals surface area contributed by atoms with Crippen LogP contribution >= 0.6 is 23.8 Å². The van der Waals surface area contributed by atoms with Gasteiger partial charge >= 0.3 is 0 Å². The van der Waals surface area contributed by atoms with E-state index < -0.39 is 10.0 Å². The molecule has 1 fully saturated rings. The van der Waals surface area contributed by atoms with Crippen molar-refractivity contribution in [1.82, 2.24) is 14.9 Å². The van der Waals surface area contributed by atoms with Crippen molar-refractivity contribution in [3.05, 3.63) is 106 Å². The van der Waals surface area contributed by atoms with Gasteiger partial charge in [-0.15, -0.1) is 0 Å². The van der Waals surface area contributed by atoms with Crippen LogP contribution in [0.25, 0.3) is 5.69 Å². The molecule has 7 nitrogen and oxygen atoms in total. The van der Waals surface area contributed by atoms with E-state index in [1.165, 1.54) is 0 Å². The second-order valence-electron chi connectivity index (χ2n) is 9.51. The first-order chi connectivity index (χ1) is 18.0. The second kappa shape index (κ2) is 10.1. The number of hydrogen-bond donors (Lipinski definition) is 2. The number of hydrogen-bond acceptors (Lipinski definition) is 4. The molecular weight excluding hydrogens is 538 g/mol. The second-order valence-corrected chi connectivity index (χ2v) is 12.1. The molecular formula is C28H28ClN5O2S2. The lowest BCUT2D eigenvalue weighted by atomic mass is 9.96. The zero-order valence-corrected chi connectivity index (χ0v) is 23.8. The minimum absolute atomic E-state index is 0.203. The molecule has 0 radical (unpaired) electrons. The van der Waals surface area contributed by atoms with E-state index in [0.717, 1.165) is 45.8 Å². The average molecular weight is 566 g/mol. The van der Waals surface area contributed by atoms with Crippen molar-refractivity contribution < 1.29 is 8.42 Å². The van der Waals surface area contributed by atoms with Crippen molar-refractivity contribution in [1.29, 1.82) is 0 Å². The maximum absolute atomic E-state index is 11.8. The van der Waals surface area contributed by atoms with Crippen molar-refractivity contribution in [2.75, 3.05) is 15.9 Å². The predicted octanol–water partition coefficient (Wildman–Crippen LogP) is 6.00. The summed E-state index contributed by atoms with van der Waals surface area (Å²) in [6, 6.07) is 21.1. The van der Waals surface area contributed by atoms with Crippen LogP contribution < -0.4 is 14.9 Å². The van der Waals surface area contributed by atoms with Crippen LogP contribution in [0.4, 0.5) is 11.4 Å². The summed E-state index contributed by atoms with van der Waals surface area (Å²) >= 11 is 12.2. The van der Waals surface area contributed by atoms with Gasteiger partial charge in [0, 0.05) is 34.0 Å². The van der Waals surface area contributed by atoms with Gasteiger partial charge in [0.1, 0.15) is 0 Å². The van der Waals surface area contributed by atoms with E-state index in [-0.39, 0.29) is 12.1 Å². The van der Waals surface area contributed by atoms with Gasteiger partial charge in [-0.3, -0.25) is 9.71 Å². The van der Waals surface area contributed by atoms with Crippen LogP contribution in [0.15, 0.2) is 72.9 Å². The average Bonchev–Trinajstić information content (AvgIpc) is 3.35. The van der Waals surface area contributed by atoms with Crippen LogP contribution in [0.2, 0.25) is 5.02 Å². The summed E-state index contributed by atoms with van der Waals surface area (Å²) in [6.45, 7) is 6.05. The number of benzene rings is 2. The molecule has 38 heavy (non-hydrogen) atoms. The molecule has 0 unspecified atom stereocenters. The highest BCUT2D eigenvalue weighted by atomic mass is 35.5. The summed E-state index contributed by atoms with van der Waals surface area (Å²) in [7, 11) is -3.40. The number of halogens is 1. The lowest BCUT2D eigenvalue weighted by Gasteiger charge is -2.29. The Bertz CT molecular complexity index is 1640. The quantitative estimate of drug-likeness (QED) is 0.279. The van der Waals surface area contributed by atoms with E-state index >= 15 is 0 Å². The van der Waals surface area contributed by atoms with Crippen molar-refractivity contribution in [2.45, 2.75) is 32.9 Å². The normalized spacial score (nSPS) is 17.5. The minimum Gasteiger partial charge on any atom is -0.351 e. The number of aromatic nitrogens is 2. The third kappa shape index (κ3) is 5.01. The molecule has 2 atom stereocenters. The molecule has 2 N–H and O–H groups in total. The van der Waals surface area contributed by atoms with Crippen molar-refractivity contribution in [3.8, 4) is 5.69 Å². The third-order valence-corrected chi connectivity index (χ3v) is 7.88. The number of sulfonamides is 1. The van der Waals surface area contributed by atoms with Crippen LogP contribution in [-0.4, -0.2) is 29.3 Å². The highest BCUT2D eigenvalue weighted by Gasteiger charge is 2.42. The Kier molecular flexibility index (Phi) is 6.94. The highest BCUT2D eigenvalue weighted by Crippen LogP contribution is 2.44. The maximum atomic E-state index is 11.8. The first-order valence-electron chi connectivity index (χ1n) is 12.1. The standard InChI is InChI=1S/C28H28ClN5O2S2/c1-17-14-22(11-12-24(17)32-38(4,35)36)34-27(26(31-28(34)37)25-10-5-6-13-30-25)23-15-18(2)33(19(23)3)21-9-7-8-20(29)16-21/h5-16,26-27,32H,1-4H3,(H,31,37)/t26-,27-/m1/s1. The SMILES string of the molecule is Cc1cc(N2C(=S)N[C@H](c3ccccn3)[C@H]2c2cc(C)n(-c3cccc(Cl)c3)c2C)ccc1NS(C)(=O)=O. The van der Waals surface area contributed by atoms with E-state index in [9.17, 15) is 8.42 Å². The summed E-state index contributed by atoms with van der Waals surface area (Å²) in [5.41, 5.74) is 7.28. The van der Waals surface area contributed by atoms with Crippen LogP contribution in [0.5, 0.6) is 0 Å². The van der Waals surface area contributed by atoms with Gasteiger partial charge in [-0.2, -0.15) is 0 Å². The predicted molar refractivity (Wildman–Crippen MR) is 158 cm³/mol. The van der Waals surface area contributed by atoms with Gasteiger partial charge in [0.15, 0.2) is 5.11 Å². The molecule has 10 heteroatoms. The molecule has 5 rings (SSSR count). The Hall–Kier alpha value is -3.40. The van der Waals surface area contributed by atoms with Crippen LogP contribution in [0, 0.1) is 20.8 Å². The molecule has 1 saturated heterocycles. The van der Waals surface area contributed by atoms with Crippen molar-refractivity contribution in [3.63, 3.8) is 0 Å². The van der Waals surface area contributed by atoms with Gasteiger partial charge in [0.25, 0.3) is 0 Å². The smallest absolute Gasteiger partial charge is 0.229 e. The fourth-order valence-corrected chi connectivity index (χ4v) is 6.32. The summed E-state index contributed by atoms with van der Waals surface area (Å²) in [5, 5.41) is 4.74. The zero-order valence-electron chi connectivity index (χ0n) is 21.4. The topological polar surface area (TPSA) is 79.3 Å². The number of aryl methyl sites for hydroxylation is 2. The number of anilines is 2. The Morgan fingerprint density at radius 1 is 1.00 bits per heavy atom. The van der Waals surface area contributed by atoms with Gasteiger partial charge in [0.05, 0.1) is 29.7 Å². The van der Waals surface area contributed by atoms with Crippen LogP contribution in [-0.2, 0) is 10.0 Å². The fraction of sp³-hybridized carbons (Fsp3) is 0.214. The van der Waals surface area contributed by atoms with E-state index in [2.05, 4.69) is 44.4 Å². The molecule has 4 aromatic rings. The molecule has 1 aliphatic rings. The van der Waals surface area contributed by atoms with E-state index in [4.69, 9.17) is 23.8 Å². The van der Waals surface area contributed by atoms with Gasteiger partial charge < -0.3 is 14.8 Å². The number of thiocarbonyl (C=S) groups is 1. The van der Waals surface area contributed by atoms with E-state index in [0.29, 0.717) is 15.8 Å². The molecule has 0 spiro atoms. The zero-order chi connectivity index (χ0) is 27.2. The summed E-state index contributed by atoms with van der Waals surface area (Å²) in [6.07, 6.45) is 2.92. The highest BCUT2D eigenvalue weighted by molar-refractivity contribution is 7.92. The molecule has 0 aliphatic carbocycles. The molecule has 0 saturated carbocycles. The molecule has 2 aromatic carbocycles. The lowest BCUT2D eigenvalue weighted by Crippen LogP contribution is -2.29. The summed E-state index contributed by atoms with van der Waals surface area (Å²) in [5.74, 6) is 0. The summed E-state index contributed by atoms with van der Waals surface area (Å²) in [4.78, 5) is 6.74. The molecule has 3 heterocycles. The summed E-state index contributed by atoms with van der Waals surface area (Å²) < 4.78 is 28.4. The molecule has 0 amide bonds. The van der Waals surface area contributed by atoms with Crippen LogP contribution in [0.3, 0.4) is 0 Å². The Balaban J connectivity index is 1.65. The maximum Gasteiger partial charge on any atom is 0.229 e. The first-order valence-corrected chi connectivity index (χ1v) is 14.7. The number of nitrogens with one attached hydrogen (secondary N) is 2. The molecule has 2 aromatic heterocycles.